The molecule has 7 nitrogen and oxygen atoms in total. The smallest absolute Gasteiger partial charge is 0.336 e. The summed E-state index contributed by atoms with van der Waals surface area (Å²) in [6.07, 6.45) is 0. The van der Waals surface area contributed by atoms with Gasteiger partial charge in [-0.05, 0) is 12.1 Å². The van der Waals surface area contributed by atoms with Gasteiger partial charge in [-0.25, -0.2) is 0 Å². The molecule has 7 heteroatoms. The van der Waals surface area contributed by atoms with Crippen LogP contribution in [0.3, 0.4) is 0 Å². The molecule has 0 saturated carbocycles. The number of amides is 2. The molecule has 0 bridgehead atoms. The van der Waals surface area contributed by atoms with Crippen molar-refractivity contribution in [3.63, 3.8) is 0 Å². The number of ether oxygens (including phenoxy) is 1. The first-order chi connectivity index (χ1) is 15.7. The number of carbonyl (C=O) groups is 2. The Bertz CT molecular complexity index is 1260. The van der Waals surface area contributed by atoms with Crippen molar-refractivity contribution < 1.29 is 14.3 Å². The van der Waals surface area contributed by atoms with Crippen molar-refractivity contribution in [2.24, 2.45) is 0 Å². The van der Waals surface area contributed by atoms with Crippen molar-refractivity contribution in [3.8, 4) is 28.5 Å². The van der Waals surface area contributed by atoms with Gasteiger partial charge in [-0.2, -0.15) is 4.98 Å². The van der Waals surface area contributed by atoms with E-state index in [9.17, 15) is 9.59 Å². The van der Waals surface area contributed by atoms with E-state index >= 15 is 0 Å². The van der Waals surface area contributed by atoms with Crippen LogP contribution in [0, 0.1) is 0 Å². The minimum absolute atomic E-state index is 0.0616. The van der Waals surface area contributed by atoms with E-state index < -0.39 is 0 Å². The lowest BCUT2D eigenvalue weighted by Gasteiger charge is -2.14. The van der Waals surface area contributed by atoms with Crippen molar-refractivity contribution in [1.29, 1.82) is 0 Å². The number of nitrogens with zero attached hydrogens (tertiary/aromatic N) is 4. The van der Waals surface area contributed by atoms with Gasteiger partial charge in [-0.15, -0.1) is 5.10 Å². The number of carbonyl (C=O) groups excluding carboxylic acids is 2. The summed E-state index contributed by atoms with van der Waals surface area (Å²) in [7, 11) is 0. The first-order valence-electron chi connectivity index (χ1n) is 10.2. The predicted octanol–water partition coefficient (Wildman–Crippen LogP) is 3.88. The predicted molar refractivity (Wildman–Crippen MR) is 118 cm³/mol. The Hall–Kier alpha value is -4.39. The zero-order valence-corrected chi connectivity index (χ0v) is 17.0. The number of benzene rings is 3. The minimum atomic E-state index is -0.322. The normalized spacial score (nSPS) is 12.7. The maximum Gasteiger partial charge on any atom is 0.336 e. The molecule has 1 aliphatic rings. The van der Waals surface area contributed by atoms with E-state index in [-0.39, 0.29) is 31.0 Å². The molecule has 0 fully saturated rings. The SMILES string of the molecule is O=C1c2ccccc2C(=O)N1CCOc1nnc(-c2ccccc2)c(-c2ccccc2)n1. The van der Waals surface area contributed by atoms with Crippen LogP contribution in [-0.4, -0.2) is 45.0 Å². The third-order valence-electron chi connectivity index (χ3n) is 5.19. The second-order valence-electron chi connectivity index (χ2n) is 7.18. The van der Waals surface area contributed by atoms with Crippen LogP contribution >= 0.6 is 0 Å². The molecule has 2 heterocycles. The largest absolute Gasteiger partial charge is 0.460 e. The van der Waals surface area contributed by atoms with Gasteiger partial charge in [-0.1, -0.05) is 77.9 Å². The lowest BCUT2D eigenvalue weighted by atomic mass is 10.0. The topological polar surface area (TPSA) is 85.3 Å². The second kappa shape index (κ2) is 8.39. The van der Waals surface area contributed by atoms with Crippen LogP contribution in [0.5, 0.6) is 6.01 Å². The van der Waals surface area contributed by atoms with E-state index in [2.05, 4.69) is 15.2 Å². The molecule has 32 heavy (non-hydrogen) atoms. The molecule has 1 aliphatic heterocycles. The number of imide groups is 1. The van der Waals surface area contributed by atoms with Gasteiger partial charge in [-0.3, -0.25) is 14.5 Å². The molecular formula is C25H18N4O3. The van der Waals surface area contributed by atoms with Crippen molar-refractivity contribution in [2.75, 3.05) is 13.2 Å². The van der Waals surface area contributed by atoms with E-state index in [0.29, 0.717) is 22.5 Å². The number of hydrogen-bond acceptors (Lipinski definition) is 6. The van der Waals surface area contributed by atoms with Crippen molar-refractivity contribution in [1.82, 2.24) is 20.1 Å². The Morgan fingerprint density at radius 3 is 1.78 bits per heavy atom. The zero-order chi connectivity index (χ0) is 21.9. The van der Waals surface area contributed by atoms with Crippen LogP contribution in [0.15, 0.2) is 84.9 Å². The van der Waals surface area contributed by atoms with Crippen LogP contribution in [0.1, 0.15) is 20.7 Å². The molecule has 156 valence electrons. The summed E-state index contributed by atoms with van der Waals surface area (Å²) < 4.78 is 5.69. The Morgan fingerprint density at radius 2 is 1.19 bits per heavy atom. The van der Waals surface area contributed by atoms with Gasteiger partial charge in [0, 0.05) is 11.1 Å². The summed E-state index contributed by atoms with van der Waals surface area (Å²) in [5, 5.41) is 8.46. The highest BCUT2D eigenvalue weighted by atomic mass is 16.5. The minimum Gasteiger partial charge on any atom is -0.460 e. The first-order valence-corrected chi connectivity index (χ1v) is 10.2. The summed E-state index contributed by atoms with van der Waals surface area (Å²) >= 11 is 0. The average molecular weight is 422 g/mol. The highest BCUT2D eigenvalue weighted by Crippen LogP contribution is 2.29. The molecule has 0 unspecified atom stereocenters. The zero-order valence-electron chi connectivity index (χ0n) is 17.0. The quantitative estimate of drug-likeness (QED) is 0.439. The van der Waals surface area contributed by atoms with Gasteiger partial charge in [0.1, 0.15) is 18.0 Å². The fourth-order valence-electron chi connectivity index (χ4n) is 3.63. The Balaban J connectivity index is 1.36. The Kier molecular flexibility index (Phi) is 5.13. The average Bonchev–Trinajstić information content (AvgIpc) is 3.10. The molecular weight excluding hydrogens is 404 g/mol. The standard InChI is InChI=1S/C25H18N4O3/c30-23-19-13-7-8-14-20(19)24(31)29(23)15-16-32-25-26-21(17-9-3-1-4-10-17)22(27-28-25)18-11-5-2-6-12-18/h1-14H,15-16H2. The fourth-order valence-corrected chi connectivity index (χ4v) is 3.63. The van der Waals surface area contributed by atoms with E-state index in [4.69, 9.17) is 4.74 Å². The third-order valence-corrected chi connectivity index (χ3v) is 5.19. The van der Waals surface area contributed by atoms with E-state index in [1.165, 1.54) is 4.90 Å². The van der Waals surface area contributed by atoms with Crippen LogP contribution in [0.4, 0.5) is 0 Å². The summed E-state index contributed by atoms with van der Waals surface area (Å²) in [5.41, 5.74) is 3.88. The van der Waals surface area contributed by atoms with E-state index in [1.54, 1.807) is 24.3 Å². The van der Waals surface area contributed by atoms with E-state index in [0.717, 1.165) is 11.1 Å². The van der Waals surface area contributed by atoms with Crippen molar-refractivity contribution >= 4 is 11.8 Å². The van der Waals surface area contributed by atoms with Crippen LogP contribution in [0.2, 0.25) is 0 Å². The molecule has 0 saturated heterocycles. The highest BCUT2D eigenvalue weighted by Gasteiger charge is 2.34. The highest BCUT2D eigenvalue weighted by molar-refractivity contribution is 6.21. The molecule has 0 N–H and O–H groups in total. The van der Waals surface area contributed by atoms with Gasteiger partial charge in [0.05, 0.1) is 17.7 Å². The molecule has 0 radical (unpaired) electrons. The lowest BCUT2D eigenvalue weighted by molar-refractivity contribution is 0.0628. The third kappa shape index (κ3) is 3.60. The van der Waals surface area contributed by atoms with Crippen molar-refractivity contribution in [3.05, 3.63) is 96.1 Å². The number of fused-ring (bicyclic) bond motifs is 1. The van der Waals surface area contributed by atoms with Gasteiger partial charge >= 0.3 is 6.01 Å². The Morgan fingerprint density at radius 1 is 0.656 bits per heavy atom. The molecule has 1 aromatic heterocycles. The summed E-state index contributed by atoms with van der Waals surface area (Å²) in [4.78, 5) is 30.7. The van der Waals surface area contributed by atoms with Crippen LogP contribution in [0.25, 0.3) is 22.5 Å². The molecule has 3 aromatic carbocycles. The van der Waals surface area contributed by atoms with Crippen LogP contribution in [-0.2, 0) is 0 Å². The first kappa shape index (κ1) is 19.6. The van der Waals surface area contributed by atoms with Crippen molar-refractivity contribution in [2.45, 2.75) is 0 Å². The van der Waals surface area contributed by atoms with Gasteiger partial charge in [0.2, 0.25) is 0 Å². The van der Waals surface area contributed by atoms with Crippen LogP contribution < -0.4 is 4.74 Å². The molecule has 0 atom stereocenters. The van der Waals surface area contributed by atoms with E-state index in [1.807, 2.05) is 60.7 Å². The summed E-state index contributed by atoms with van der Waals surface area (Å²) in [6, 6.07) is 26.2. The maximum atomic E-state index is 12.5. The maximum absolute atomic E-state index is 12.5. The molecule has 0 aliphatic carbocycles. The number of aromatic nitrogens is 3. The molecule has 2 amide bonds. The van der Waals surface area contributed by atoms with Gasteiger partial charge < -0.3 is 4.74 Å². The second-order valence-corrected chi connectivity index (χ2v) is 7.18. The fraction of sp³-hybridized carbons (Fsp3) is 0.0800. The Labute approximate surface area is 184 Å². The number of rotatable bonds is 6. The van der Waals surface area contributed by atoms with Gasteiger partial charge in [0.15, 0.2) is 0 Å². The monoisotopic (exact) mass is 422 g/mol. The summed E-state index contributed by atoms with van der Waals surface area (Å²) in [5.74, 6) is -0.643. The molecule has 0 spiro atoms. The summed E-state index contributed by atoms with van der Waals surface area (Å²) in [6.45, 7) is 0.156. The van der Waals surface area contributed by atoms with Gasteiger partial charge in [0.25, 0.3) is 11.8 Å². The number of hydrogen-bond donors (Lipinski definition) is 0. The molecule has 5 rings (SSSR count). The lowest BCUT2D eigenvalue weighted by Crippen LogP contribution is -2.33. The molecule has 4 aromatic rings.